The second-order valence-electron chi connectivity index (χ2n) is 10.4. The maximum Gasteiger partial charge on any atom is 0.333 e. The van der Waals surface area contributed by atoms with Crippen molar-refractivity contribution in [3.63, 3.8) is 0 Å². The van der Waals surface area contributed by atoms with E-state index in [1.54, 1.807) is 14.0 Å². The number of hydrogen-bond acceptors (Lipinski definition) is 10. The van der Waals surface area contributed by atoms with E-state index in [-0.39, 0.29) is 37.7 Å². The van der Waals surface area contributed by atoms with E-state index in [1.165, 1.54) is 28.4 Å². The number of oxazole rings is 1. The lowest BCUT2D eigenvalue weighted by molar-refractivity contribution is -0.148. The van der Waals surface area contributed by atoms with Gasteiger partial charge in [-0.3, -0.25) is 9.36 Å². The Morgan fingerprint density at radius 2 is 2.00 bits per heavy atom. The Balaban J connectivity index is 1.60. The van der Waals surface area contributed by atoms with Crippen LogP contribution in [0.1, 0.15) is 36.5 Å². The van der Waals surface area contributed by atoms with Crippen molar-refractivity contribution in [1.29, 1.82) is 0 Å². The molecule has 2 aliphatic rings. The van der Waals surface area contributed by atoms with Gasteiger partial charge in [0.15, 0.2) is 5.54 Å². The number of rotatable bonds is 9. The van der Waals surface area contributed by atoms with E-state index < -0.39 is 28.9 Å². The van der Waals surface area contributed by atoms with Crippen LogP contribution in [-0.2, 0) is 31.1 Å². The molecule has 1 unspecified atom stereocenters. The maximum absolute atomic E-state index is 14.4. The summed E-state index contributed by atoms with van der Waals surface area (Å²) in [6.07, 6.45) is 3.48. The van der Waals surface area contributed by atoms with Crippen LogP contribution in [0.3, 0.4) is 0 Å². The molecule has 3 aromatic heterocycles. The van der Waals surface area contributed by atoms with Gasteiger partial charge in [0.05, 0.1) is 42.8 Å². The molecule has 13 heteroatoms. The lowest BCUT2D eigenvalue weighted by Crippen LogP contribution is -2.56. The van der Waals surface area contributed by atoms with Crippen LogP contribution >= 0.6 is 11.3 Å². The van der Waals surface area contributed by atoms with Gasteiger partial charge in [-0.25, -0.2) is 19.1 Å². The first-order valence-corrected chi connectivity index (χ1v) is 14.5. The number of para-hydroxylation sites is 1. The largest absolute Gasteiger partial charge is 0.496 e. The summed E-state index contributed by atoms with van der Waals surface area (Å²) in [5, 5.41) is 10.6. The highest BCUT2D eigenvalue weighted by Crippen LogP contribution is 2.38. The van der Waals surface area contributed by atoms with Crippen LogP contribution in [0.15, 0.2) is 50.7 Å². The first-order valence-electron chi connectivity index (χ1n) is 13.7. The highest BCUT2D eigenvalue weighted by Gasteiger charge is 2.48. The fourth-order valence-electron chi connectivity index (χ4n) is 5.78. The molecule has 2 fully saturated rings. The molecule has 0 radical (unpaired) electrons. The minimum Gasteiger partial charge on any atom is -0.496 e. The van der Waals surface area contributed by atoms with E-state index in [9.17, 15) is 19.5 Å². The molecule has 4 aromatic rings. The first-order chi connectivity index (χ1) is 20.4. The third-order valence-electron chi connectivity index (χ3n) is 8.03. The molecule has 0 aliphatic carbocycles. The Labute approximate surface area is 244 Å². The van der Waals surface area contributed by atoms with Gasteiger partial charge in [0.25, 0.3) is 5.56 Å². The molecule has 0 saturated carbocycles. The molecule has 2 aliphatic heterocycles. The summed E-state index contributed by atoms with van der Waals surface area (Å²) in [7, 11) is 1.57. The molecule has 0 bridgehead atoms. The van der Waals surface area contributed by atoms with Gasteiger partial charge < -0.3 is 28.5 Å². The Morgan fingerprint density at radius 3 is 2.67 bits per heavy atom. The monoisotopic (exact) mass is 597 g/mol. The predicted octanol–water partition coefficient (Wildman–Crippen LogP) is 3.33. The molecule has 0 spiro atoms. The lowest BCUT2D eigenvalue weighted by atomic mass is 9.98. The number of fused-ring (bicyclic) bond motifs is 1. The van der Waals surface area contributed by atoms with Crippen molar-refractivity contribution >= 4 is 27.5 Å². The first kappa shape index (κ1) is 28.3. The van der Waals surface area contributed by atoms with E-state index in [0.717, 1.165) is 10.1 Å². The quantitative estimate of drug-likeness (QED) is 0.305. The average Bonchev–Trinajstić information content (AvgIpc) is 3.77. The molecular weight excluding hydrogens is 566 g/mol. The second kappa shape index (κ2) is 11.5. The van der Waals surface area contributed by atoms with Crippen molar-refractivity contribution in [3.05, 3.63) is 68.7 Å². The lowest BCUT2D eigenvalue weighted by Gasteiger charge is -2.30. The molecule has 6 rings (SSSR count). The van der Waals surface area contributed by atoms with Crippen LogP contribution in [-0.4, -0.2) is 64.8 Å². The molecule has 1 N–H and O–H groups in total. The van der Waals surface area contributed by atoms with E-state index in [1.807, 2.05) is 24.3 Å². The van der Waals surface area contributed by atoms with Crippen molar-refractivity contribution in [2.24, 2.45) is 0 Å². The van der Waals surface area contributed by atoms with E-state index in [0.29, 0.717) is 53.0 Å². The molecule has 5 heterocycles. The van der Waals surface area contributed by atoms with Crippen molar-refractivity contribution < 1.29 is 33.3 Å². The third-order valence-corrected chi connectivity index (χ3v) is 9.33. The number of benzene rings is 1. The fraction of sp³-hybridized carbons (Fsp3) is 0.448. The van der Waals surface area contributed by atoms with Crippen molar-refractivity contribution in [3.8, 4) is 16.5 Å². The second-order valence-corrected chi connectivity index (χ2v) is 11.4. The number of carboxylic acids is 1. The van der Waals surface area contributed by atoms with Crippen LogP contribution < -0.4 is 16.0 Å². The van der Waals surface area contributed by atoms with Crippen LogP contribution in [0, 0.1) is 6.92 Å². The molecule has 0 amide bonds. The fourth-order valence-corrected chi connectivity index (χ4v) is 7.02. The zero-order chi connectivity index (χ0) is 29.4. The number of aliphatic carboxylic acids is 1. The zero-order valence-corrected chi connectivity index (χ0v) is 24.1. The number of ether oxygens (including phenoxy) is 4. The minimum absolute atomic E-state index is 0.00508. The summed E-state index contributed by atoms with van der Waals surface area (Å²) in [5.74, 6) is -0.414. The molecule has 12 nitrogen and oxygen atoms in total. The number of nitrogens with zero attached hydrogens (tertiary/aromatic N) is 3. The number of thiophene rings is 1. The molecule has 1 aromatic carbocycles. The maximum atomic E-state index is 14.4. The van der Waals surface area contributed by atoms with E-state index in [2.05, 4.69) is 4.98 Å². The number of methoxy groups -OCH3 is 1. The smallest absolute Gasteiger partial charge is 0.333 e. The zero-order valence-electron chi connectivity index (χ0n) is 23.2. The van der Waals surface area contributed by atoms with Crippen LogP contribution in [0.2, 0.25) is 0 Å². The number of carboxylic acid groups (broad SMARTS) is 1. The summed E-state index contributed by atoms with van der Waals surface area (Å²) in [6, 6.07) is 7.41. The SMILES string of the molecule is COc1ccccc1[C@H](Cn1c(=O)n(C2(C(=O)O)CCOC2)c(=O)c2c(C)c(-c3ncco3)sc21)OC1CCOCC1. The van der Waals surface area contributed by atoms with Gasteiger partial charge >= 0.3 is 11.7 Å². The van der Waals surface area contributed by atoms with Gasteiger partial charge in [0.1, 0.15) is 22.9 Å². The predicted molar refractivity (Wildman–Crippen MR) is 152 cm³/mol. The summed E-state index contributed by atoms with van der Waals surface area (Å²) >= 11 is 1.20. The number of aryl methyl sites for hydroxylation is 1. The van der Waals surface area contributed by atoms with Gasteiger partial charge in [-0.15, -0.1) is 11.3 Å². The molecule has 42 heavy (non-hydrogen) atoms. The van der Waals surface area contributed by atoms with E-state index in [4.69, 9.17) is 23.4 Å². The molecule has 2 atom stereocenters. The summed E-state index contributed by atoms with van der Waals surface area (Å²) in [5.41, 5.74) is -2.02. The van der Waals surface area contributed by atoms with Gasteiger partial charge in [-0.1, -0.05) is 18.2 Å². The van der Waals surface area contributed by atoms with E-state index >= 15 is 0 Å². The number of carbonyl (C=O) groups is 1. The van der Waals surface area contributed by atoms with Crippen LogP contribution in [0.25, 0.3) is 21.0 Å². The van der Waals surface area contributed by atoms with Crippen molar-refractivity contribution in [2.45, 2.75) is 50.5 Å². The Kier molecular flexibility index (Phi) is 7.75. The van der Waals surface area contributed by atoms with Gasteiger partial charge in [-0.2, -0.15) is 0 Å². The highest BCUT2D eigenvalue weighted by atomic mass is 32.1. The van der Waals surface area contributed by atoms with Crippen molar-refractivity contribution in [1.82, 2.24) is 14.1 Å². The van der Waals surface area contributed by atoms with Gasteiger partial charge in [0, 0.05) is 31.8 Å². The highest BCUT2D eigenvalue weighted by molar-refractivity contribution is 7.22. The number of aromatic nitrogens is 3. The topological polar surface area (TPSA) is 144 Å². The van der Waals surface area contributed by atoms with Crippen molar-refractivity contribution in [2.75, 3.05) is 33.5 Å². The minimum atomic E-state index is -1.84. The average molecular weight is 598 g/mol. The molecule has 222 valence electrons. The summed E-state index contributed by atoms with van der Waals surface area (Å²) in [6.45, 7) is 2.67. The number of hydrogen-bond donors (Lipinski definition) is 1. The molecule has 2 saturated heterocycles. The molecular formula is C29H31N3O9S. The van der Waals surface area contributed by atoms with Gasteiger partial charge in [0.2, 0.25) is 5.89 Å². The third kappa shape index (κ3) is 4.75. The Hall–Kier alpha value is -3.78. The van der Waals surface area contributed by atoms with Crippen LogP contribution in [0.4, 0.5) is 0 Å². The Bertz CT molecular complexity index is 1710. The standard InChI is InChI=1S/C29H31N3O9S/c1-17-22-25(33)32(29(27(34)35)9-13-39-16-29)28(36)31(26(22)42-23(17)24-30-10-14-40-24)15-21(41-18-7-11-38-12-8-18)19-5-3-4-6-20(19)37-2/h3-6,10,14,18,21H,7-9,11-13,15-16H2,1-2H3,(H,34,35)/t21-,29?/m0/s1. The normalized spacial score (nSPS) is 20.2. The summed E-state index contributed by atoms with van der Waals surface area (Å²) in [4.78, 5) is 46.4. The summed E-state index contributed by atoms with van der Waals surface area (Å²) < 4.78 is 31.1. The van der Waals surface area contributed by atoms with Crippen LogP contribution in [0.5, 0.6) is 5.75 Å². The van der Waals surface area contributed by atoms with Gasteiger partial charge in [-0.05, 0) is 31.4 Å². The Morgan fingerprint density at radius 1 is 1.21 bits per heavy atom.